The Morgan fingerprint density at radius 3 is 2.73 bits per heavy atom. The summed E-state index contributed by atoms with van der Waals surface area (Å²) in [7, 11) is 1.35. The van der Waals surface area contributed by atoms with Gasteiger partial charge < -0.3 is 14.2 Å². The first-order valence-corrected chi connectivity index (χ1v) is 9.51. The van der Waals surface area contributed by atoms with Crippen LogP contribution in [0.25, 0.3) is 6.08 Å². The number of methoxy groups -OCH3 is 1. The van der Waals surface area contributed by atoms with Crippen LogP contribution in [0.1, 0.15) is 39.4 Å². The van der Waals surface area contributed by atoms with E-state index >= 15 is 0 Å². The lowest BCUT2D eigenvalue weighted by Gasteiger charge is -2.27. The molecule has 6 heteroatoms. The summed E-state index contributed by atoms with van der Waals surface area (Å²) in [6, 6.07) is 16.5. The van der Waals surface area contributed by atoms with Gasteiger partial charge in [0.1, 0.15) is 11.5 Å². The predicted octanol–water partition coefficient (Wildman–Crippen LogP) is 4.50. The molecule has 2 aliphatic heterocycles. The summed E-state index contributed by atoms with van der Waals surface area (Å²) < 4.78 is 16.9. The van der Waals surface area contributed by atoms with Crippen LogP contribution in [0, 0.1) is 0 Å². The Morgan fingerprint density at radius 2 is 1.93 bits per heavy atom. The van der Waals surface area contributed by atoms with Crippen molar-refractivity contribution in [2.45, 2.75) is 12.3 Å². The van der Waals surface area contributed by atoms with Gasteiger partial charge in [-0.2, -0.15) is 0 Å². The summed E-state index contributed by atoms with van der Waals surface area (Å²) in [6.45, 7) is 0. The van der Waals surface area contributed by atoms with E-state index < -0.39 is 5.92 Å². The number of rotatable bonds is 3. The van der Waals surface area contributed by atoms with Gasteiger partial charge in [0.25, 0.3) is 0 Å². The largest absolute Gasteiger partial charge is 0.469 e. The number of carbonyl (C=O) groups excluding carboxylic acids is 2. The zero-order valence-corrected chi connectivity index (χ0v) is 16.1. The lowest BCUT2D eigenvalue weighted by molar-refractivity contribution is -0.140. The van der Waals surface area contributed by atoms with E-state index in [0.29, 0.717) is 28.5 Å². The summed E-state index contributed by atoms with van der Waals surface area (Å²) in [6.07, 6.45) is 3.42. The summed E-state index contributed by atoms with van der Waals surface area (Å²) in [5.74, 6) is 0.631. The molecular formula is C24H17NO5. The summed E-state index contributed by atoms with van der Waals surface area (Å²) in [4.78, 5) is 29.4. The van der Waals surface area contributed by atoms with Gasteiger partial charge in [0.05, 0.1) is 19.1 Å². The minimum Gasteiger partial charge on any atom is -0.469 e. The zero-order chi connectivity index (χ0) is 20.7. The third kappa shape index (κ3) is 2.93. The summed E-state index contributed by atoms with van der Waals surface area (Å²) in [5, 5.41) is 0. The molecule has 2 aromatic carbocycles. The van der Waals surface area contributed by atoms with Crippen LogP contribution in [0.3, 0.4) is 0 Å². The van der Waals surface area contributed by atoms with Crippen molar-refractivity contribution >= 4 is 17.8 Å². The van der Waals surface area contributed by atoms with Crippen molar-refractivity contribution in [3.8, 4) is 17.4 Å². The smallest absolute Gasteiger partial charge is 0.306 e. The van der Waals surface area contributed by atoms with E-state index in [-0.39, 0.29) is 23.9 Å². The number of esters is 1. The van der Waals surface area contributed by atoms with E-state index in [1.807, 2.05) is 36.4 Å². The third-order valence-electron chi connectivity index (χ3n) is 5.26. The Morgan fingerprint density at radius 1 is 1.10 bits per heavy atom. The number of ketones is 1. The molecule has 1 aromatic heterocycles. The molecule has 1 atom stereocenters. The number of Topliss-reactive ketones (excluding diaryl/α,β-unsaturated/α-hetero) is 1. The van der Waals surface area contributed by atoms with E-state index in [1.165, 1.54) is 7.11 Å². The van der Waals surface area contributed by atoms with E-state index in [2.05, 4.69) is 4.98 Å². The molecule has 5 rings (SSSR count). The minimum absolute atomic E-state index is 0.0806. The van der Waals surface area contributed by atoms with Gasteiger partial charge in [-0.25, -0.2) is 4.98 Å². The molecule has 0 fully saturated rings. The highest BCUT2D eigenvalue weighted by molar-refractivity contribution is 6.15. The monoisotopic (exact) mass is 399 g/mol. The van der Waals surface area contributed by atoms with Crippen LogP contribution >= 0.6 is 0 Å². The van der Waals surface area contributed by atoms with Crippen LogP contribution in [0.2, 0.25) is 0 Å². The number of hydrogen-bond acceptors (Lipinski definition) is 6. The molecule has 30 heavy (non-hydrogen) atoms. The average molecular weight is 399 g/mol. The number of benzene rings is 2. The van der Waals surface area contributed by atoms with Gasteiger partial charge in [0.2, 0.25) is 11.7 Å². The molecule has 6 nitrogen and oxygen atoms in total. The van der Waals surface area contributed by atoms with Gasteiger partial charge in [-0.05, 0) is 29.8 Å². The number of carbonyl (C=O) groups is 2. The summed E-state index contributed by atoms with van der Waals surface area (Å²) >= 11 is 0. The highest BCUT2D eigenvalue weighted by atomic mass is 16.5. The molecule has 0 unspecified atom stereocenters. The van der Waals surface area contributed by atoms with Crippen molar-refractivity contribution in [2.75, 3.05) is 7.11 Å². The van der Waals surface area contributed by atoms with Crippen LogP contribution in [-0.2, 0) is 9.53 Å². The van der Waals surface area contributed by atoms with Crippen molar-refractivity contribution in [1.29, 1.82) is 0 Å². The fraction of sp³-hybridized carbons (Fsp3) is 0.125. The second kappa shape index (κ2) is 7.15. The molecule has 0 saturated carbocycles. The van der Waals surface area contributed by atoms with E-state index in [0.717, 1.165) is 11.1 Å². The van der Waals surface area contributed by atoms with Crippen molar-refractivity contribution in [2.24, 2.45) is 0 Å². The zero-order valence-electron chi connectivity index (χ0n) is 16.1. The Balaban J connectivity index is 1.63. The Hall–Kier alpha value is -3.93. The van der Waals surface area contributed by atoms with Gasteiger partial charge in [-0.3, -0.25) is 9.59 Å². The normalized spacial score (nSPS) is 17.4. The minimum atomic E-state index is -0.399. The molecule has 0 radical (unpaired) electrons. The Kier molecular flexibility index (Phi) is 4.32. The highest BCUT2D eigenvalue weighted by Crippen LogP contribution is 2.52. The molecule has 0 amide bonds. The maximum absolute atomic E-state index is 13.0. The van der Waals surface area contributed by atoms with E-state index in [9.17, 15) is 9.59 Å². The van der Waals surface area contributed by atoms with E-state index in [4.69, 9.17) is 14.2 Å². The third-order valence-corrected chi connectivity index (χ3v) is 5.26. The van der Waals surface area contributed by atoms with Crippen LogP contribution in [0.4, 0.5) is 0 Å². The summed E-state index contributed by atoms with van der Waals surface area (Å²) in [5.41, 5.74) is 2.71. The maximum Gasteiger partial charge on any atom is 0.306 e. The average Bonchev–Trinajstić information content (AvgIpc) is 3.09. The first-order chi connectivity index (χ1) is 14.7. The first kappa shape index (κ1) is 18.1. The lowest BCUT2D eigenvalue weighted by Crippen LogP contribution is -2.16. The second-order valence-corrected chi connectivity index (χ2v) is 7.04. The Labute approximate surface area is 172 Å². The molecular weight excluding hydrogens is 382 g/mol. The fourth-order valence-electron chi connectivity index (χ4n) is 3.85. The number of aromatic nitrogens is 1. The van der Waals surface area contributed by atoms with Crippen molar-refractivity contribution in [3.63, 3.8) is 0 Å². The van der Waals surface area contributed by atoms with Gasteiger partial charge in [0.15, 0.2) is 5.76 Å². The van der Waals surface area contributed by atoms with E-state index in [1.54, 1.807) is 30.5 Å². The second-order valence-electron chi connectivity index (χ2n) is 7.04. The number of pyridine rings is 1. The standard InChI is InChI=1S/C24H17NO5/c1-28-20(26)13-17-15-8-5-11-25-24(15)30-18-10-9-16-22(27)19(29-23(16)21(17)18)12-14-6-3-2-4-7-14/h2-12,17H,13H2,1H3/b19-12-/t17-/m1/s1. The van der Waals surface area contributed by atoms with Gasteiger partial charge in [-0.1, -0.05) is 36.4 Å². The molecule has 2 aliphatic rings. The van der Waals surface area contributed by atoms with Crippen LogP contribution in [0.15, 0.2) is 66.6 Å². The van der Waals surface area contributed by atoms with Crippen molar-refractivity contribution < 1.29 is 23.8 Å². The highest BCUT2D eigenvalue weighted by Gasteiger charge is 2.39. The SMILES string of the molecule is COC(=O)C[C@@H]1c2cccnc2Oc2ccc3c(c21)O/C(=C\c1ccccc1)C3=O. The van der Waals surface area contributed by atoms with Crippen molar-refractivity contribution in [3.05, 3.63) is 88.8 Å². The number of allylic oxidation sites excluding steroid dienone is 1. The number of hydrogen-bond donors (Lipinski definition) is 0. The van der Waals surface area contributed by atoms with Gasteiger partial charge >= 0.3 is 5.97 Å². The van der Waals surface area contributed by atoms with Gasteiger partial charge in [-0.15, -0.1) is 0 Å². The topological polar surface area (TPSA) is 74.7 Å². The van der Waals surface area contributed by atoms with Gasteiger partial charge in [0, 0.05) is 23.2 Å². The molecule has 148 valence electrons. The molecule has 3 aromatic rings. The molecule has 0 spiro atoms. The lowest BCUT2D eigenvalue weighted by atomic mass is 9.85. The molecule has 0 bridgehead atoms. The van der Waals surface area contributed by atoms with Crippen LogP contribution in [0.5, 0.6) is 17.4 Å². The molecule has 0 aliphatic carbocycles. The number of fused-ring (bicyclic) bond motifs is 4. The molecule has 0 N–H and O–H groups in total. The van der Waals surface area contributed by atoms with Crippen LogP contribution in [-0.4, -0.2) is 23.8 Å². The van der Waals surface area contributed by atoms with Crippen molar-refractivity contribution in [1.82, 2.24) is 4.98 Å². The quantitative estimate of drug-likeness (QED) is 0.477. The number of ether oxygens (including phenoxy) is 3. The maximum atomic E-state index is 13.0. The Bertz CT molecular complexity index is 1200. The van der Waals surface area contributed by atoms with Crippen LogP contribution < -0.4 is 9.47 Å². The predicted molar refractivity (Wildman–Crippen MR) is 109 cm³/mol. The first-order valence-electron chi connectivity index (χ1n) is 9.51. The number of nitrogens with zero attached hydrogens (tertiary/aromatic N) is 1. The molecule has 0 saturated heterocycles. The fourth-order valence-corrected chi connectivity index (χ4v) is 3.85. The molecule has 3 heterocycles.